The van der Waals surface area contributed by atoms with E-state index in [0.29, 0.717) is 17.9 Å². The Morgan fingerprint density at radius 1 is 1.33 bits per heavy atom. The Morgan fingerprint density at radius 2 is 2.05 bits per heavy atom. The molecule has 0 aliphatic rings. The van der Waals surface area contributed by atoms with E-state index >= 15 is 0 Å². The van der Waals surface area contributed by atoms with E-state index < -0.39 is 11.7 Å². The Balaban J connectivity index is 2.24. The predicted octanol–water partition coefficient (Wildman–Crippen LogP) is 3.11. The smallest absolute Gasteiger partial charge is 0.186 e. The maximum atomic E-state index is 12.9. The lowest BCUT2D eigenvalue weighted by molar-refractivity contribution is 0.0977. The van der Waals surface area contributed by atoms with Gasteiger partial charge in [0.25, 0.3) is 0 Å². The zero-order valence-corrected chi connectivity index (χ0v) is 11.4. The molecule has 2 rings (SSSR count). The number of carbonyl (C=O) groups is 1. The minimum atomic E-state index is -1.05. The van der Waals surface area contributed by atoms with Crippen molar-refractivity contribution in [3.8, 4) is 11.8 Å². The number of carbonyl (C=O) groups excluding carboxylic acids is 1. The van der Waals surface area contributed by atoms with Crippen molar-refractivity contribution in [1.82, 2.24) is 4.98 Å². The van der Waals surface area contributed by atoms with E-state index in [0.717, 1.165) is 6.20 Å². The zero-order chi connectivity index (χ0) is 15.2. The number of Topliss-reactive ketones (excluding diaryl/α,β-unsaturated/α-hetero) is 1. The second-order valence-electron chi connectivity index (χ2n) is 4.29. The number of rotatable bonds is 5. The summed E-state index contributed by atoms with van der Waals surface area (Å²) in [4.78, 5) is 16.1. The Morgan fingerprint density at radius 3 is 2.57 bits per heavy atom. The van der Waals surface area contributed by atoms with Crippen molar-refractivity contribution < 1.29 is 13.9 Å². The van der Waals surface area contributed by atoms with Crippen molar-refractivity contribution in [2.45, 2.75) is 12.8 Å². The van der Waals surface area contributed by atoms with Crippen LogP contribution in [0.1, 0.15) is 28.9 Å². The Bertz CT molecular complexity index is 660. The molecule has 5 heteroatoms. The summed E-state index contributed by atoms with van der Waals surface area (Å²) in [5.74, 6) is -1.28. The van der Waals surface area contributed by atoms with Crippen LogP contribution in [0.5, 0.6) is 5.75 Å². The number of benzene rings is 1. The molecule has 1 aromatic carbocycles. The molecule has 0 saturated heterocycles. The molecule has 0 aliphatic carbocycles. The molecule has 106 valence electrons. The number of nitrogens with zero attached hydrogens (tertiary/aromatic N) is 2. The fourth-order valence-electron chi connectivity index (χ4n) is 1.87. The van der Waals surface area contributed by atoms with Crippen molar-refractivity contribution in [2.75, 3.05) is 6.61 Å². The van der Waals surface area contributed by atoms with Crippen LogP contribution in [0.15, 0.2) is 42.6 Å². The van der Waals surface area contributed by atoms with E-state index in [-0.39, 0.29) is 11.5 Å². The first kappa shape index (κ1) is 14.7. The summed E-state index contributed by atoms with van der Waals surface area (Å²) >= 11 is 0. The first-order valence-electron chi connectivity index (χ1n) is 6.44. The summed E-state index contributed by atoms with van der Waals surface area (Å²) in [6, 6.07) is 11.0. The Hall–Kier alpha value is -2.74. The van der Waals surface area contributed by atoms with Gasteiger partial charge in [0.15, 0.2) is 11.7 Å². The van der Waals surface area contributed by atoms with E-state index in [4.69, 9.17) is 4.74 Å². The molecular formula is C16H13FN2O2. The third kappa shape index (κ3) is 3.42. The van der Waals surface area contributed by atoms with Crippen LogP contribution in [0.4, 0.5) is 4.39 Å². The highest BCUT2D eigenvalue weighted by atomic mass is 19.1. The second-order valence-corrected chi connectivity index (χ2v) is 4.29. The van der Waals surface area contributed by atoms with E-state index in [2.05, 4.69) is 4.98 Å². The molecule has 4 nitrogen and oxygen atoms in total. The van der Waals surface area contributed by atoms with Crippen molar-refractivity contribution in [3.05, 3.63) is 59.7 Å². The highest BCUT2D eigenvalue weighted by Gasteiger charge is 2.23. The maximum absolute atomic E-state index is 12.9. The van der Waals surface area contributed by atoms with Gasteiger partial charge in [-0.05, 0) is 43.3 Å². The average Bonchev–Trinajstić information content (AvgIpc) is 2.51. The topological polar surface area (TPSA) is 63.0 Å². The van der Waals surface area contributed by atoms with Gasteiger partial charge in [0.05, 0.1) is 24.6 Å². The largest absolute Gasteiger partial charge is 0.494 e. The molecule has 0 fully saturated rings. The van der Waals surface area contributed by atoms with E-state index in [1.54, 1.807) is 24.3 Å². The molecule has 0 unspecified atom stereocenters. The van der Waals surface area contributed by atoms with E-state index in [1.807, 2.05) is 13.0 Å². The Labute approximate surface area is 121 Å². The van der Waals surface area contributed by atoms with Gasteiger partial charge in [-0.25, -0.2) is 4.39 Å². The molecule has 0 N–H and O–H groups in total. The number of ketones is 1. The highest BCUT2D eigenvalue weighted by Crippen LogP contribution is 2.21. The van der Waals surface area contributed by atoms with Gasteiger partial charge >= 0.3 is 0 Å². The van der Waals surface area contributed by atoms with Gasteiger partial charge in [-0.3, -0.25) is 9.78 Å². The van der Waals surface area contributed by atoms with Gasteiger partial charge < -0.3 is 4.74 Å². The van der Waals surface area contributed by atoms with Gasteiger partial charge in [-0.15, -0.1) is 0 Å². The monoisotopic (exact) mass is 284 g/mol. The van der Waals surface area contributed by atoms with Crippen molar-refractivity contribution >= 4 is 5.78 Å². The van der Waals surface area contributed by atoms with Crippen molar-refractivity contribution in [1.29, 1.82) is 5.26 Å². The molecule has 21 heavy (non-hydrogen) atoms. The van der Waals surface area contributed by atoms with Crippen LogP contribution in [-0.2, 0) is 0 Å². The number of pyridine rings is 1. The summed E-state index contributed by atoms with van der Waals surface area (Å²) in [7, 11) is 0. The van der Waals surface area contributed by atoms with Crippen molar-refractivity contribution in [3.63, 3.8) is 0 Å². The molecular weight excluding hydrogens is 271 g/mol. The fraction of sp³-hybridized carbons (Fsp3) is 0.188. The van der Waals surface area contributed by atoms with Crippen molar-refractivity contribution in [2.24, 2.45) is 0 Å². The number of hydrogen-bond donors (Lipinski definition) is 0. The van der Waals surface area contributed by atoms with Crippen LogP contribution in [0, 0.1) is 17.1 Å². The molecule has 1 aromatic heterocycles. The quantitative estimate of drug-likeness (QED) is 0.791. The third-order valence-corrected chi connectivity index (χ3v) is 2.89. The van der Waals surface area contributed by atoms with Gasteiger partial charge in [0.2, 0.25) is 0 Å². The van der Waals surface area contributed by atoms with Gasteiger partial charge in [-0.2, -0.15) is 5.26 Å². The minimum Gasteiger partial charge on any atom is -0.494 e. The summed E-state index contributed by atoms with van der Waals surface area (Å²) in [5, 5.41) is 9.19. The van der Waals surface area contributed by atoms with Gasteiger partial charge in [0, 0.05) is 5.56 Å². The van der Waals surface area contributed by atoms with Gasteiger partial charge in [-0.1, -0.05) is 0 Å². The van der Waals surface area contributed by atoms with Crippen LogP contribution in [0.25, 0.3) is 0 Å². The lowest BCUT2D eigenvalue weighted by Gasteiger charge is -2.08. The normalized spacial score (nSPS) is 11.5. The fourth-order valence-corrected chi connectivity index (χ4v) is 1.87. The molecule has 1 atom stereocenters. The van der Waals surface area contributed by atoms with Crippen LogP contribution < -0.4 is 4.74 Å². The zero-order valence-electron chi connectivity index (χ0n) is 11.4. The van der Waals surface area contributed by atoms with Crippen LogP contribution in [-0.4, -0.2) is 17.4 Å². The summed E-state index contributed by atoms with van der Waals surface area (Å²) < 4.78 is 18.1. The first-order valence-corrected chi connectivity index (χ1v) is 6.44. The van der Waals surface area contributed by atoms with Crippen LogP contribution in [0.2, 0.25) is 0 Å². The van der Waals surface area contributed by atoms with Crippen LogP contribution >= 0.6 is 0 Å². The standard InChI is InChI=1S/C16H13FN2O2/c1-2-21-13-6-3-11(4-7-13)16(20)14(9-18)15-8-5-12(17)10-19-15/h3-8,10,14H,2H2,1H3/t14-/m1/s1. The number of halogens is 1. The molecule has 0 saturated carbocycles. The summed E-state index contributed by atoms with van der Waals surface area (Å²) in [6.45, 7) is 2.40. The highest BCUT2D eigenvalue weighted by molar-refractivity contribution is 6.02. The molecule has 0 amide bonds. The summed E-state index contributed by atoms with van der Waals surface area (Å²) in [6.07, 6.45) is 0.991. The lowest BCUT2D eigenvalue weighted by Crippen LogP contribution is -2.12. The predicted molar refractivity (Wildman–Crippen MR) is 74.5 cm³/mol. The number of aromatic nitrogens is 1. The number of nitriles is 1. The van der Waals surface area contributed by atoms with Gasteiger partial charge in [0.1, 0.15) is 11.6 Å². The minimum absolute atomic E-state index is 0.234. The molecule has 0 spiro atoms. The van der Waals surface area contributed by atoms with E-state index in [1.165, 1.54) is 12.1 Å². The molecule has 0 radical (unpaired) electrons. The molecule has 1 heterocycles. The molecule has 2 aromatic rings. The SMILES string of the molecule is CCOc1ccc(C(=O)[C@H](C#N)c2ccc(F)cn2)cc1. The van der Waals surface area contributed by atoms with Crippen LogP contribution in [0.3, 0.4) is 0 Å². The number of hydrogen-bond acceptors (Lipinski definition) is 4. The third-order valence-electron chi connectivity index (χ3n) is 2.89. The van der Waals surface area contributed by atoms with E-state index in [9.17, 15) is 14.4 Å². The average molecular weight is 284 g/mol. The summed E-state index contributed by atoms with van der Waals surface area (Å²) in [5.41, 5.74) is 0.619. The number of ether oxygens (including phenoxy) is 1. The first-order chi connectivity index (χ1) is 10.2. The maximum Gasteiger partial charge on any atom is 0.186 e. The molecule has 0 aliphatic heterocycles. The Kier molecular flexibility index (Phi) is 4.62. The lowest BCUT2D eigenvalue weighted by atomic mass is 9.95. The molecule has 0 bridgehead atoms. The second kappa shape index (κ2) is 6.62.